The number of rotatable bonds is 7. The summed E-state index contributed by atoms with van der Waals surface area (Å²) in [5.74, 6) is -1.21. The van der Waals surface area contributed by atoms with Crippen LogP contribution in [0.1, 0.15) is 18.9 Å². The molecule has 1 atom stereocenters. The maximum atomic E-state index is 11.7. The van der Waals surface area contributed by atoms with Crippen LogP contribution in [-0.2, 0) is 14.8 Å². The van der Waals surface area contributed by atoms with Gasteiger partial charge in [0, 0.05) is 17.0 Å². The van der Waals surface area contributed by atoms with E-state index in [2.05, 4.69) is 4.72 Å². The first-order valence-electron chi connectivity index (χ1n) is 5.97. The van der Waals surface area contributed by atoms with Gasteiger partial charge in [-0.05, 0) is 30.7 Å². The smallest absolute Gasteiger partial charge is 0.306 e. The first-order chi connectivity index (χ1) is 9.60. The minimum Gasteiger partial charge on any atom is -0.481 e. The number of sulfonamides is 1. The molecule has 0 saturated carbocycles. The van der Waals surface area contributed by atoms with Crippen molar-refractivity contribution < 1.29 is 23.4 Å². The first kappa shape index (κ1) is 17.6. The van der Waals surface area contributed by atoms with Crippen molar-refractivity contribution in [2.45, 2.75) is 18.9 Å². The number of carboxylic acid groups (broad SMARTS) is 1. The maximum absolute atomic E-state index is 11.7. The topological polar surface area (TPSA) is 104 Å². The minimum atomic E-state index is -3.78. The Morgan fingerprint density at radius 1 is 1.38 bits per heavy atom. The van der Waals surface area contributed by atoms with E-state index in [1.807, 2.05) is 0 Å². The zero-order valence-corrected chi connectivity index (χ0v) is 12.9. The van der Waals surface area contributed by atoms with Crippen LogP contribution in [0, 0.1) is 0 Å². The highest BCUT2D eigenvalue weighted by Crippen LogP contribution is 2.12. The Hall–Kier alpha value is -1.41. The molecule has 21 heavy (non-hydrogen) atoms. The summed E-state index contributed by atoms with van der Waals surface area (Å²) in [4.78, 5) is 10.5. The molecule has 0 aromatic heterocycles. The Labute approximate surface area is 128 Å². The third kappa shape index (κ3) is 7.24. The van der Waals surface area contributed by atoms with E-state index in [1.165, 1.54) is 13.0 Å². The SMILES string of the molecule is CC(O)(CNS(=O)(=O)C=Cc1ccc(Cl)cc1)CC(=O)O. The van der Waals surface area contributed by atoms with E-state index in [0.717, 1.165) is 5.41 Å². The zero-order chi connectivity index (χ0) is 16.1. The Morgan fingerprint density at radius 2 is 1.95 bits per heavy atom. The molecule has 6 nitrogen and oxygen atoms in total. The third-order valence-corrected chi connectivity index (χ3v) is 3.79. The molecule has 0 aliphatic rings. The molecular formula is C13H16ClNO5S. The van der Waals surface area contributed by atoms with Crippen molar-refractivity contribution in [2.75, 3.05) is 6.54 Å². The number of aliphatic hydroxyl groups is 1. The number of aliphatic carboxylic acids is 1. The summed E-state index contributed by atoms with van der Waals surface area (Å²) >= 11 is 5.71. The second kappa shape index (κ2) is 7.04. The lowest BCUT2D eigenvalue weighted by molar-refractivity contribution is -0.141. The molecule has 1 unspecified atom stereocenters. The highest BCUT2D eigenvalue weighted by Gasteiger charge is 2.25. The van der Waals surface area contributed by atoms with Crippen molar-refractivity contribution in [3.63, 3.8) is 0 Å². The largest absolute Gasteiger partial charge is 0.481 e. The molecule has 1 rings (SSSR count). The van der Waals surface area contributed by atoms with Crippen LogP contribution >= 0.6 is 11.6 Å². The van der Waals surface area contributed by atoms with E-state index in [-0.39, 0.29) is 0 Å². The number of benzene rings is 1. The van der Waals surface area contributed by atoms with Crippen LogP contribution in [0.2, 0.25) is 5.02 Å². The monoisotopic (exact) mass is 333 g/mol. The van der Waals surface area contributed by atoms with Crippen LogP contribution in [0.5, 0.6) is 0 Å². The van der Waals surface area contributed by atoms with E-state index in [0.29, 0.717) is 10.6 Å². The average Bonchev–Trinajstić information content (AvgIpc) is 2.35. The highest BCUT2D eigenvalue weighted by atomic mass is 35.5. The minimum absolute atomic E-state index is 0.396. The summed E-state index contributed by atoms with van der Waals surface area (Å²) in [7, 11) is -3.78. The molecule has 0 heterocycles. The van der Waals surface area contributed by atoms with E-state index in [4.69, 9.17) is 16.7 Å². The van der Waals surface area contributed by atoms with Crippen molar-refractivity contribution in [3.8, 4) is 0 Å². The molecule has 3 N–H and O–H groups in total. The molecular weight excluding hydrogens is 318 g/mol. The van der Waals surface area contributed by atoms with Crippen molar-refractivity contribution in [1.29, 1.82) is 0 Å². The van der Waals surface area contributed by atoms with Gasteiger partial charge in [-0.25, -0.2) is 13.1 Å². The maximum Gasteiger partial charge on any atom is 0.306 e. The average molecular weight is 334 g/mol. The summed E-state index contributed by atoms with van der Waals surface area (Å²) in [6, 6.07) is 6.54. The van der Waals surface area contributed by atoms with Crippen LogP contribution in [0.4, 0.5) is 0 Å². The molecule has 0 spiro atoms. The Kier molecular flexibility index (Phi) is 5.91. The zero-order valence-electron chi connectivity index (χ0n) is 11.3. The van der Waals surface area contributed by atoms with Crippen LogP contribution in [0.15, 0.2) is 29.7 Å². The van der Waals surface area contributed by atoms with Gasteiger partial charge in [0.05, 0.1) is 12.0 Å². The predicted molar refractivity (Wildman–Crippen MR) is 80.3 cm³/mol. The number of carbonyl (C=O) groups is 1. The molecule has 1 aromatic carbocycles. The number of hydrogen-bond donors (Lipinski definition) is 3. The highest BCUT2D eigenvalue weighted by molar-refractivity contribution is 7.92. The second-order valence-electron chi connectivity index (χ2n) is 4.79. The summed E-state index contributed by atoms with van der Waals surface area (Å²) < 4.78 is 25.6. The predicted octanol–water partition coefficient (Wildman–Crippen LogP) is 1.46. The lowest BCUT2D eigenvalue weighted by atomic mass is 10.0. The van der Waals surface area contributed by atoms with Crippen LogP contribution in [0.25, 0.3) is 6.08 Å². The molecule has 116 valence electrons. The third-order valence-electron chi connectivity index (χ3n) is 2.50. The van der Waals surface area contributed by atoms with E-state index in [9.17, 15) is 18.3 Å². The Balaban J connectivity index is 2.65. The van der Waals surface area contributed by atoms with Crippen molar-refractivity contribution in [3.05, 3.63) is 40.3 Å². The molecule has 8 heteroatoms. The number of halogens is 1. The lowest BCUT2D eigenvalue weighted by Gasteiger charge is -2.20. The Bertz CT molecular complexity index is 622. The van der Waals surface area contributed by atoms with E-state index < -0.39 is 34.6 Å². The summed E-state index contributed by atoms with van der Waals surface area (Å²) in [5.41, 5.74) is -1.02. The van der Waals surface area contributed by atoms with Gasteiger partial charge in [0.25, 0.3) is 0 Å². The standard InChI is InChI=1S/C13H16ClNO5S/c1-13(18,8-12(16)17)9-15-21(19,20)7-6-10-2-4-11(14)5-3-10/h2-7,15,18H,8-9H2,1H3,(H,16,17). The quantitative estimate of drug-likeness (QED) is 0.700. The molecule has 0 fully saturated rings. The Morgan fingerprint density at radius 3 is 2.48 bits per heavy atom. The first-order valence-corrected chi connectivity index (χ1v) is 7.90. The van der Waals surface area contributed by atoms with E-state index in [1.54, 1.807) is 24.3 Å². The molecule has 0 amide bonds. The molecule has 0 saturated heterocycles. The van der Waals surface area contributed by atoms with Gasteiger partial charge in [0.15, 0.2) is 0 Å². The lowest BCUT2D eigenvalue weighted by Crippen LogP contribution is -2.41. The van der Waals surface area contributed by atoms with Gasteiger partial charge in [0.1, 0.15) is 0 Å². The summed E-state index contributed by atoms with van der Waals surface area (Å²) in [5, 5.41) is 19.8. The van der Waals surface area contributed by atoms with Gasteiger partial charge in [-0.1, -0.05) is 23.7 Å². The molecule has 1 aromatic rings. The molecule has 0 radical (unpaired) electrons. The van der Waals surface area contributed by atoms with E-state index >= 15 is 0 Å². The summed E-state index contributed by atoms with van der Waals surface area (Å²) in [6.45, 7) is 0.846. The fraction of sp³-hybridized carbons (Fsp3) is 0.308. The summed E-state index contributed by atoms with van der Waals surface area (Å²) in [6.07, 6.45) is 0.807. The molecule has 0 aliphatic heterocycles. The molecule has 0 aliphatic carbocycles. The van der Waals surface area contributed by atoms with Gasteiger partial charge in [-0.15, -0.1) is 0 Å². The van der Waals surface area contributed by atoms with Gasteiger partial charge < -0.3 is 10.2 Å². The molecule has 0 bridgehead atoms. The normalized spacial score (nSPS) is 15.0. The van der Waals surface area contributed by atoms with Crippen LogP contribution < -0.4 is 4.72 Å². The second-order valence-corrected chi connectivity index (χ2v) is 6.88. The van der Waals surface area contributed by atoms with Gasteiger partial charge in [-0.2, -0.15) is 0 Å². The fourth-order valence-corrected chi connectivity index (χ4v) is 2.51. The van der Waals surface area contributed by atoms with Crippen molar-refractivity contribution >= 4 is 33.7 Å². The number of hydrogen-bond acceptors (Lipinski definition) is 4. The number of carboxylic acids is 1. The van der Waals surface area contributed by atoms with Crippen molar-refractivity contribution in [2.24, 2.45) is 0 Å². The number of nitrogens with one attached hydrogen (secondary N) is 1. The van der Waals surface area contributed by atoms with Gasteiger partial charge >= 0.3 is 5.97 Å². The van der Waals surface area contributed by atoms with Crippen LogP contribution in [0.3, 0.4) is 0 Å². The van der Waals surface area contributed by atoms with Crippen molar-refractivity contribution in [1.82, 2.24) is 4.72 Å². The fourth-order valence-electron chi connectivity index (χ4n) is 1.43. The van der Waals surface area contributed by atoms with Gasteiger partial charge in [-0.3, -0.25) is 4.79 Å². The van der Waals surface area contributed by atoms with Gasteiger partial charge in [0.2, 0.25) is 10.0 Å². The van der Waals surface area contributed by atoms with Crippen LogP contribution in [-0.4, -0.2) is 36.7 Å².